The number of aliphatic hydroxyl groups is 3. The molecule has 12 nitrogen and oxygen atoms in total. The second-order valence-corrected chi connectivity index (χ2v) is 14.2. The van der Waals surface area contributed by atoms with Crippen LogP contribution in [0.2, 0.25) is 0 Å². The van der Waals surface area contributed by atoms with E-state index in [2.05, 4.69) is 23.3 Å². The van der Waals surface area contributed by atoms with Crippen molar-refractivity contribution < 1.29 is 56.2 Å². The highest BCUT2D eigenvalue weighted by molar-refractivity contribution is 7.80. The average Bonchev–Trinajstić information content (AvgIpc) is 3.07. The van der Waals surface area contributed by atoms with Crippen LogP contribution in [0.5, 0.6) is 0 Å². The maximum Gasteiger partial charge on any atom is 0.397 e. The molecule has 1 saturated heterocycles. The Kier molecular flexibility index (Phi) is 27.5. The summed E-state index contributed by atoms with van der Waals surface area (Å²) in [5.41, 5.74) is 0. The molecule has 1 heterocycles. The van der Waals surface area contributed by atoms with Gasteiger partial charge in [-0.3, -0.25) is 9.35 Å². The van der Waals surface area contributed by atoms with E-state index < -0.39 is 59.8 Å². The first kappa shape index (κ1) is 45.9. The van der Waals surface area contributed by atoms with Crippen LogP contribution in [-0.4, -0.2) is 97.5 Å². The summed E-state index contributed by atoms with van der Waals surface area (Å²) >= 11 is 0. The number of unbranched alkanes of at least 4 members (excludes halogenated alkanes) is 17. The van der Waals surface area contributed by atoms with E-state index in [-0.39, 0.29) is 19.6 Å². The zero-order valence-electron chi connectivity index (χ0n) is 30.3. The number of rotatable bonds is 32. The van der Waals surface area contributed by atoms with Crippen molar-refractivity contribution in [2.45, 2.75) is 185 Å². The predicted molar refractivity (Wildman–Crippen MR) is 188 cm³/mol. The number of carbonyl (C=O) groups excluding carboxylic acids is 1. The summed E-state index contributed by atoms with van der Waals surface area (Å²) < 4.78 is 58.1. The fourth-order valence-corrected chi connectivity index (χ4v) is 6.21. The van der Waals surface area contributed by atoms with Crippen LogP contribution in [0.3, 0.4) is 0 Å². The Morgan fingerprint density at radius 1 is 0.755 bits per heavy atom. The Hall–Kier alpha value is -1.16. The van der Waals surface area contributed by atoms with Gasteiger partial charge in [0.05, 0.1) is 19.8 Å². The SMILES string of the molecule is CCCCCCCC/C=C\CCCCCCCCCCCCOCC(COC1OC(CO)C(O)C(OS(=O)(=O)O)C1O)OC(=O)CCCC. The molecule has 0 radical (unpaired) electrons. The first-order valence-corrected chi connectivity index (χ1v) is 20.3. The molecular weight excluding hydrogens is 656 g/mol. The van der Waals surface area contributed by atoms with Gasteiger partial charge < -0.3 is 34.3 Å². The van der Waals surface area contributed by atoms with E-state index in [0.29, 0.717) is 13.0 Å². The lowest BCUT2D eigenvalue weighted by molar-refractivity contribution is -0.301. The highest BCUT2D eigenvalue weighted by Crippen LogP contribution is 2.26. The third-order valence-electron chi connectivity index (χ3n) is 8.64. The van der Waals surface area contributed by atoms with Gasteiger partial charge in [-0.25, -0.2) is 4.18 Å². The van der Waals surface area contributed by atoms with Gasteiger partial charge in [-0.1, -0.05) is 116 Å². The van der Waals surface area contributed by atoms with Gasteiger partial charge in [-0.2, -0.15) is 8.42 Å². The van der Waals surface area contributed by atoms with E-state index in [0.717, 1.165) is 25.7 Å². The van der Waals surface area contributed by atoms with Crippen LogP contribution >= 0.6 is 0 Å². The van der Waals surface area contributed by atoms with Gasteiger partial charge in [0.2, 0.25) is 0 Å². The first-order chi connectivity index (χ1) is 23.6. The van der Waals surface area contributed by atoms with E-state index in [1.165, 1.54) is 96.3 Å². The van der Waals surface area contributed by atoms with Crippen molar-refractivity contribution in [1.29, 1.82) is 0 Å². The maximum absolute atomic E-state index is 12.3. The Labute approximate surface area is 296 Å². The van der Waals surface area contributed by atoms with E-state index in [9.17, 15) is 28.5 Å². The first-order valence-electron chi connectivity index (χ1n) is 18.9. The summed E-state index contributed by atoms with van der Waals surface area (Å²) in [6.45, 7) is 3.70. The smallest absolute Gasteiger partial charge is 0.397 e. The molecule has 0 aromatic carbocycles. The number of hydrogen-bond acceptors (Lipinski definition) is 11. The van der Waals surface area contributed by atoms with Crippen molar-refractivity contribution in [3.63, 3.8) is 0 Å². The number of carbonyl (C=O) groups is 1. The second kappa shape index (κ2) is 29.4. The molecule has 1 aliphatic heterocycles. The number of hydrogen-bond donors (Lipinski definition) is 4. The minimum atomic E-state index is -5.04. The molecule has 49 heavy (non-hydrogen) atoms. The molecule has 0 spiro atoms. The topological polar surface area (TPSA) is 178 Å². The van der Waals surface area contributed by atoms with Gasteiger partial charge in [-0.15, -0.1) is 0 Å². The molecule has 0 amide bonds. The molecular formula is C36H68O12S. The zero-order chi connectivity index (χ0) is 36.2. The molecule has 290 valence electrons. The molecule has 0 aliphatic carbocycles. The Morgan fingerprint density at radius 3 is 1.82 bits per heavy atom. The van der Waals surface area contributed by atoms with Gasteiger partial charge >= 0.3 is 16.4 Å². The molecule has 0 saturated carbocycles. The van der Waals surface area contributed by atoms with Crippen LogP contribution in [0.25, 0.3) is 0 Å². The maximum atomic E-state index is 12.3. The number of ether oxygens (including phenoxy) is 4. The van der Waals surface area contributed by atoms with E-state index in [4.69, 9.17) is 23.5 Å². The van der Waals surface area contributed by atoms with Crippen molar-refractivity contribution in [2.24, 2.45) is 0 Å². The lowest BCUT2D eigenvalue weighted by atomic mass is 9.99. The van der Waals surface area contributed by atoms with Gasteiger partial charge in [0.25, 0.3) is 0 Å². The molecule has 0 aromatic heterocycles. The monoisotopic (exact) mass is 724 g/mol. The summed E-state index contributed by atoms with van der Waals surface area (Å²) in [6, 6.07) is 0. The number of allylic oxidation sites excluding steroid dienone is 2. The van der Waals surface area contributed by atoms with Crippen LogP contribution in [0.1, 0.15) is 149 Å². The summed E-state index contributed by atoms with van der Waals surface area (Å²) in [7, 11) is -5.04. The van der Waals surface area contributed by atoms with E-state index >= 15 is 0 Å². The van der Waals surface area contributed by atoms with Crippen molar-refractivity contribution >= 4 is 16.4 Å². The molecule has 6 unspecified atom stereocenters. The van der Waals surface area contributed by atoms with Gasteiger partial charge in [-0.05, 0) is 38.5 Å². The fourth-order valence-electron chi connectivity index (χ4n) is 5.70. The van der Waals surface area contributed by atoms with Crippen LogP contribution in [-0.2, 0) is 38.3 Å². The number of esters is 1. The third-order valence-corrected chi connectivity index (χ3v) is 9.10. The summed E-state index contributed by atoms with van der Waals surface area (Å²) in [5, 5.41) is 30.2. The number of aliphatic hydroxyl groups excluding tert-OH is 3. The normalized spacial score (nSPS) is 22.1. The van der Waals surface area contributed by atoms with Crippen molar-refractivity contribution in [3.05, 3.63) is 12.2 Å². The van der Waals surface area contributed by atoms with Crippen LogP contribution < -0.4 is 0 Å². The van der Waals surface area contributed by atoms with Gasteiger partial charge in [0.1, 0.15) is 30.5 Å². The molecule has 1 rings (SSSR count). The molecule has 13 heteroatoms. The van der Waals surface area contributed by atoms with E-state index in [1.807, 2.05) is 6.92 Å². The van der Waals surface area contributed by atoms with E-state index in [1.54, 1.807) is 0 Å². The summed E-state index contributed by atoms with van der Waals surface area (Å²) in [6.07, 6.45) is 19.7. The summed E-state index contributed by atoms with van der Waals surface area (Å²) in [4.78, 5) is 12.3. The van der Waals surface area contributed by atoms with Crippen molar-refractivity contribution in [3.8, 4) is 0 Å². The van der Waals surface area contributed by atoms with Crippen molar-refractivity contribution in [2.75, 3.05) is 26.4 Å². The Bertz CT molecular complexity index is 931. The molecule has 1 aliphatic rings. The lowest BCUT2D eigenvalue weighted by Crippen LogP contribution is -2.60. The zero-order valence-corrected chi connectivity index (χ0v) is 31.1. The summed E-state index contributed by atoms with van der Waals surface area (Å²) in [5.74, 6) is -0.434. The third kappa shape index (κ3) is 23.8. The van der Waals surface area contributed by atoms with Gasteiger partial charge in [0.15, 0.2) is 6.29 Å². The minimum absolute atomic E-state index is 0.0343. The fraction of sp³-hybridized carbons (Fsp3) is 0.917. The second-order valence-electron chi connectivity index (χ2n) is 13.2. The predicted octanol–water partition coefficient (Wildman–Crippen LogP) is 6.35. The quantitative estimate of drug-likeness (QED) is 0.0262. The highest BCUT2D eigenvalue weighted by atomic mass is 32.3. The molecule has 0 bridgehead atoms. The van der Waals surface area contributed by atoms with Crippen molar-refractivity contribution in [1.82, 2.24) is 0 Å². The highest BCUT2D eigenvalue weighted by Gasteiger charge is 2.48. The van der Waals surface area contributed by atoms with Gasteiger partial charge in [0, 0.05) is 13.0 Å². The average molecular weight is 725 g/mol. The minimum Gasteiger partial charge on any atom is -0.457 e. The Balaban J connectivity index is 2.24. The molecule has 0 aromatic rings. The molecule has 6 atom stereocenters. The molecule has 4 N–H and O–H groups in total. The van der Waals surface area contributed by atoms with Crippen LogP contribution in [0.15, 0.2) is 12.2 Å². The lowest BCUT2D eigenvalue weighted by Gasteiger charge is -2.41. The van der Waals surface area contributed by atoms with Crippen LogP contribution in [0, 0.1) is 0 Å². The van der Waals surface area contributed by atoms with Crippen LogP contribution in [0.4, 0.5) is 0 Å². The largest absolute Gasteiger partial charge is 0.457 e. The Morgan fingerprint density at radius 2 is 1.29 bits per heavy atom. The standard InChI is InChI=1S/C36H68O12S/c1-3-5-7-8-9-10-11-12-13-14-15-16-17-18-19-20-21-22-23-24-26-44-28-30(46-32(38)25-6-4-2)29-45-36-34(40)35(48-49(41,42)43)33(39)31(27-37)47-36/h12-13,30-31,33-37,39-40H,3-11,14-29H2,1-2H3,(H,41,42,43)/b13-12-. The molecule has 1 fully saturated rings.